The highest BCUT2D eigenvalue weighted by Crippen LogP contribution is 2.32. The lowest BCUT2D eigenvalue weighted by molar-refractivity contribution is 0.0434. The van der Waals surface area contributed by atoms with E-state index in [2.05, 4.69) is 25.6 Å². The first-order valence-electron chi connectivity index (χ1n) is 9.90. The van der Waals surface area contributed by atoms with Crippen LogP contribution in [-0.4, -0.2) is 42.1 Å². The Kier molecular flexibility index (Phi) is 5.46. The number of H-pyrrole nitrogens is 1. The monoisotopic (exact) mass is 472 g/mol. The van der Waals surface area contributed by atoms with Gasteiger partial charge in [-0.25, -0.2) is 0 Å². The number of nitrogens with one attached hydrogen (secondary N) is 2. The summed E-state index contributed by atoms with van der Waals surface area (Å²) in [5.74, 6) is 0.162. The third-order valence-corrected chi connectivity index (χ3v) is 6.06. The molecule has 4 aromatic rings. The predicted molar refractivity (Wildman–Crippen MR) is 119 cm³/mol. The van der Waals surface area contributed by atoms with Crippen molar-refractivity contribution in [2.45, 2.75) is 31.6 Å². The van der Waals surface area contributed by atoms with E-state index >= 15 is 0 Å². The number of fused-ring (bicyclic) bond motifs is 1. The van der Waals surface area contributed by atoms with Crippen LogP contribution in [0.2, 0.25) is 10.0 Å². The van der Waals surface area contributed by atoms with Crippen LogP contribution in [0.15, 0.2) is 43.0 Å². The van der Waals surface area contributed by atoms with Gasteiger partial charge in [-0.1, -0.05) is 23.2 Å². The molecule has 5 rings (SSSR count). The number of benzene rings is 1. The normalized spacial score (nSPS) is 17.8. The van der Waals surface area contributed by atoms with Crippen LogP contribution in [0.3, 0.4) is 0 Å². The number of aromatic nitrogens is 5. The number of carbonyl (C=O) groups is 1. The molecule has 32 heavy (non-hydrogen) atoms. The number of pyridine rings is 1. The molecule has 1 aliphatic rings. The summed E-state index contributed by atoms with van der Waals surface area (Å²) in [4.78, 5) is 16.8. The number of aliphatic hydroxyl groups excluding tert-OH is 1. The van der Waals surface area contributed by atoms with E-state index in [9.17, 15) is 9.90 Å². The lowest BCUT2D eigenvalue weighted by Crippen LogP contribution is -2.31. The molecule has 164 valence electrons. The van der Waals surface area contributed by atoms with Gasteiger partial charge in [-0.3, -0.25) is 19.6 Å². The first-order chi connectivity index (χ1) is 15.5. The van der Waals surface area contributed by atoms with Gasteiger partial charge in [0.25, 0.3) is 5.91 Å². The number of rotatable bonds is 6. The average Bonchev–Trinajstić information content (AvgIpc) is 3.37. The molecule has 0 spiro atoms. The Morgan fingerprint density at radius 2 is 2.03 bits per heavy atom. The Bertz CT molecular complexity index is 1280. The zero-order chi connectivity index (χ0) is 22.2. The van der Waals surface area contributed by atoms with E-state index < -0.39 is 0 Å². The van der Waals surface area contributed by atoms with Crippen LogP contribution in [0.25, 0.3) is 10.9 Å². The number of hydrogen-bond acceptors (Lipinski definition) is 6. The maximum atomic E-state index is 12.8. The van der Waals surface area contributed by atoms with Crippen molar-refractivity contribution < 1.29 is 14.6 Å². The summed E-state index contributed by atoms with van der Waals surface area (Å²) in [6.07, 6.45) is 7.38. The van der Waals surface area contributed by atoms with Gasteiger partial charge in [0.1, 0.15) is 12.4 Å². The number of amides is 1. The van der Waals surface area contributed by atoms with Crippen molar-refractivity contribution in [3.63, 3.8) is 0 Å². The van der Waals surface area contributed by atoms with Crippen molar-refractivity contribution >= 4 is 45.7 Å². The number of carbonyl (C=O) groups excluding carboxylic acids is 1. The van der Waals surface area contributed by atoms with Gasteiger partial charge in [0, 0.05) is 29.5 Å². The summed E-state index contributed by atoms with van der Waals surface area (Å²) in [6, 6.07) is 5.44. The largest absolute Gasteiger partial charge is 0.489 e. The lowest BCUT2D eigenvalue weighted by Gasteiger charge is -2.31. The molecular weight excluding hydrogens is 455 g/mol. The van der Waals surface area contributed by atoms with Gasteiger partial charge in [-0.15, -0.1) is 0 Å². The van der Waals surface area contributed by atoms with Crippen LogP contribution in [0.1, 0.15) is 34.9 Å². The van der Waals surface area contributed by atoms with Gasteiger partial charge in [0.05, 0.1) is 39.6 Å². The number of aromatic amines is 1. The molecule has 0 unspecified atom stereocenters. The molecule has 1 aliphatic carbocycles. The number of nitrogens with zero attached hydrogens (tertiary/aromatic N) is 4. The maximum absolute atomic E-state index is 12.8. The van der Waals surface area contributed by atoms with Gasteiger partial charge < -0.3 is 15.2 Å². The summed E-state index contributed by atoms with van der Waals surface area (Å²) in [5, 5.41) is 25.0. The van der Waals surface area contributed by atoms with Crippen molar-refractivity contribution in [1.82, 2.24) is 25.0 Å². The fourth-order valence-electron chi connectivity index (χ4n) is 3.56. The second-order valence-corrected chi connectivity index (χ2v) is 8.41. The molecule has 1 fully saturated rings. The van der Waals surface area contributed by atoms with Crippen LogP contribution < -0.4 is 10.1 Å². The Morgan fingerprint density at radius 3 is 2.78 bits per heavy atom. The van der Waals surface area contributed by atoms with Gasteiger partial charge in [-0.2, -0.15) is 10.2 Å². The van der Waals surface area contributed by atoms with Crippen LogP contribution in [-0.2, 0) is 6.61 Å². The molecule has 9 nitrogen and oxygen atoms in total. The predicted octanol–water partition coefficient (Wildman–Crippen LogP) is 3.99. The minimum Gasteiger partial charge on any atom is -0.489 e. The van der Waals surface area contributed by atoms with Gasteiger partial charge in [-0.05, 0) is 31.0 Å². The quantitative estimate of drug-likeness (QED) is 0.390. The minimum atomic E-state index is -0.373. The van der Waals surface area contributed by atoms with E-state index in [0.29, 0.717) is 50.8 Å². The van der Waals surface area contributed by atoms with Gasteiger partial charge in [0.15, 0.2) is 5.69 Å². The summed E-state index contributed by atoms with van der Waals surface area (Å²) < 4.78 is 7.59. The highest BCUT2D eigenvalue weighted by molar-refractivity contribution is 6.35. The average molecular weight is 473 g/mol. The summed E-state index contributed by atoms with van der Waals surface area (Å²) in [6.45, 7) is 0.153. The maximum Gasteiger partial charge on any atom is 0.276 e. The Labute approximate surface area is 192 Å². The zero-order valence-corrected chi connectivity index (χ0v) is 18.1. The molecule has 3 heterocycles. The Hall–Kier alpha value is -3.14. The molecule has 0 saturated heterocycles. The van der Waals surface area contributed by atoms with E-state index in [1.807, 2.05) is 0 Å². The summed E-state index contributed by atoms with van der Waals surface area (Å²) in [5.41, 5.74) is 2.12. The molecule has 0 atom stereocenters. The van der Waals surface area contributed by atoms with Crippen molar-refractivity contribution in [3.05, 3.63) is 64.3 Å². The van der Waals surface area contributed by atoms with Crippen LogP contribution in [0.4, 0.5) is 5.69 Å². The third-order valence-electron chi connectivity index (χ3n) is 5.41. The molecule has 0 radical (unpaired) electrons. The second kappa shape index (κ2) is 8.42. The molecular formula is C21H18Cl2N6O3. The molecule has 1 aromatic carbocycles. The number of anilines is 1. The van der Waals surface area contributed by atoms with Gasteiger partial charge in [0.2, 0.25) is 0 Å². The van der Waals surface area contributed by atoms with E-state index in [4.69, 9.17) is 27.9 Å². The van der Waals surface area contributed by atoms with Gasteiger partial charge >= 0.3 is 0 Å². The third kappa shape index (κ3) is 4.02. The first kappa shape index (κ1) is 20.7. The van der Waals surface area contributed by atoms with E-state index in [0.717, 1.165) is 0 Å². The lowest BCUT2D eigenvalue weighted by atomic mass is 9.90. The van der Waals surface area contributed by atoms with Crippen molar-refractivity contribution in [2.75, 3.05) is 5.32 Å². The molecule has 3 aromatic heterocycles. The highest BCUT2D eigenvalue weighted by Gasteiger charge is 2.29. The van der Waals surface area contributed by atoms with Crippen LogP contribution in [0.5, 0.6) is 5.75 Å². The molecule has 1 saturated carbocycles. The highest BCUT2D eigenvalue weighted by atomic mass is 35.5. The smallest absolute Gasteiger partial charge is 0.276 e. The summed E-state index contributed by atoms with van der Waals surface area (Å²) >= 11 is 12.3. The fourth-order valence-corrected chi connectivity index (χ4v) is 4.03. The SMILES string of the molecule is O=C(Nc1cnn(C2CC(O)C2)c1)c1n[nH]c2ccc(OCc3c(Cl)cncc3Cl)cc12. The van der Waals surface area contributed by atoms with Crippen LogP contribution in [0, 0.1) is 0 Å². The number of halogens is 2. The molecule has 0 aliphatic heterocycles. The standard InChI is InChI=1S/C21H18Cl2N6O3/c22-17-7-24-8-18(23)16(17)10-32-14-1-2-19-15(5-14)20(28-27-19)21(31)26-11-6-25-29(9-11)12-3-13(30)4-12/h1-2,5-9,12-13,30H,3-4,10H2,(H,26,31)(H,27,28). The number of aliphatic hydroxyl groups is 1. The Morgan fingerprint density at radius 1 is 1.25 bits per heavy atom. The number of ether oxygens (including phenoxy) is 1. The van der Waals surface area contributed by atoms with E-state index in [-0.39, 0.29) is 30.4 Å². The topological polar surface area (TPSA) is 118 Å². The molecule has 0 bridgehead atoms. The van der Waals surface area contributed by atoms with E-state index in [1.54, 1.807) is 35.3 Å². The van der Waals surface area contributed by atoms with Crippen molar-refractivity contribution in [3.8, 4) is 5.75 Å². The molecule has 3 N–H and O–H groups in total. The zero-order valence-electron chi connectivity index (χ0n) is 16.6. The molecule has 11 heteroatoms. The Balaban J connectivity index is 1.31. The second-order valence-electron chi connectivity index (χ2n) is 7.59. The summed E-state index contributed by atoms with van der Waals surface area (Å²) in [7, 11) is 0. The molecule has 1 amide bonds. The van der Waals surface area contributed by atoms with Crippen molar-refractivity contribution in [2.24, 2.45) is 0 Å². The van der Waals surface area contributed by atoms with E-state index in [1.165, 1.54) is 12.4 Å². The number of hydrogen-bond donors (Lipinski definition) is 3. The fraction of sp³-hybridized carbons (Fsp3) is 0.238. The first-order valence-corrected chi connectivity index (χ1v) is 10.7. The minimum absolute atomic E-state index is 0.153. The van der Waals surface area contributed by atoms with Crippen LogP contribution >= 0.6 is 23.2 Å². The van der Waals surface area contributed by atoms with Crippen molar-refractivity contribution in [1.29, 1.82) is 0 Å².